The highest BCUT2D eigenvalue weighted by molar-refractivity contribution is 7.15. The molecule has 10 heteroatoms. The van der Waals surface area contributed by atoms with Gasteiger partial charge in [-0.1, -0.05) is 0 Å². The Kier molecular flexibility index (Phi) is 4.47. The Morgan fingerprint density at radius 2 is 2.19 bits per heavy atom. The van der Waals surface area contributed by atoms with Crippen molar-refractivity contribution in [3.8, 4) is 22.9 Å². The van der Waals surface area contributed by atoms with Gasteiger partial charge in [0.05, 0.1) is 31.9 Å². The minimum Gasteiger partial charge on any atom is -0.497 e. The summed E-state index contributed by atoms with van der Waals surface area (Å²) in [4.78, 5) is 21.8. The second-order valence-corrected chi connectivity index (χ2v) is 6.50. The smallest absolute Gasteiger partial charge is 0.249 e. The minimum absolute atomic E-state index is 0.143. The molecule has 27 heavy (non-hydrogen) atoms. The molecule has 1 aromatic carbocycles. The fraction of sp³-hybridized carbons (Fsp3) is 0.176. The van der Waals surface area contributed by atoms with Crippen molar-refractivity contribution in [3.63, 3.8) is 0 Å². The van der Waals surface area contributed by atoms with Crippen LogP contribution in [0.4, 0.5) is 5.95 Å². The molecule has 0 bridgehead atoms. The number of hydrogen-bond acceptors (Lipinski definition) is 7. The molecular formula is C17H16N6O3S. The Morgan fingerprint density at radius 1 is 1.30 bits per heavy atom. The maximum atomic E-state index is 12.2. The number of hydrogen-bond donors (Lipinski definition) is 2. The molecule has 0 saturated carbocycles. The SMILES string of the molecule is COc1ccc(-c2nc(NC(=O)Cc3cn4ccsc4n3)n[nH]2)c(OC)c1. The van der Waals surface area contributed by atoms with Crippen molar-refractivity contribution in [2.75, 3.05) is 19.5 Å². The highest BCUT2D eigenvalue weighted by Crippen LogP contribution is 2.31. The number of nitrogens with one attached hydrogen (secondary N) is 2. The maximum Gasteiger partial charge on any atom is 0.249 e. The molecule has 0 atom stereocenters. The molecule has 3 aromatic heterocycles. The van der Waals surface area contributed by atoms with Crippen LogP contribution in [0.5, 0.6) is 11.5 Å². The summed E-state index contributed by atoms with van der Waals surface area (Å²) in [5.74, 6) is 1.68. The molecule has 3 heterocycles. The van der Waals surface area contributed by atoms with Gasteiger partial charge in [-0.3, -0.25) is 19.6 Å². The van der Waals surface area contributed by atoms with Crippen LogP contribution in [0.3, 0.4) is 0 Å². The summed E-state index contributed by atoms with van der Waals surface area (Å²) in [6.45, 7) is 0. The third kappa shape index (κ3) is 3.47. The highest BCUT2D eigenvalue weighted by atomic mass is 32.1. The average Bonchev–Trinajstić information content (AvgIpc) is 3.37. The number of carbonyl (C=O) groups excluding carboxylic acids is 1. The zero-order valence-electron chi connectivity index (χ0n) is 14.6. The number of carbonyl (C=O) groups is 1. The number of amides is 1. The van der Waals surface area contributed by atoms with Gasteiger partial charge in [-0.25, -0.2) is 4.98 Å². The van der Waals surface area contributed by atoms with E-state index in [1.807, 2.05) is 28.2 Å². The molecule has 2 N–H and O–H groups in total. The van der Waals surface area contributed by atoms with E-state index in [4.69, 9.17) is 9.47 Å². The largest absolute Gasteiger partial charge is 0.497 e. The van der Waals surface area contributed by atoms with Crippen LogP contribution in [-0.4, -0.2) is 44.7 Å². The fourth-order valence-electron chi connectivity index (χ4n) is 2.63. The van der Waals surface area contributed by atoms with Crippen LogP contribution in [0.25, 0.3) is 16.3 Å². The first-order valence-electron chi connectivity index (χ1n) is 8.02. The van der Waals surface area contributed by atoms with Crippen molar-refractivity contribution in [2.45, 2.75) is 6.42 Å². The maximum absolute atomic E-state index is 12.2. The van der Waals surface area contributed by atoms with E-state index >= 15 is 0 Å². The second-order valence-electron chi connectivity index (χ2n) is 5.62. The van der Waals surface area contributed by atoms with Crippen LogP contribution in [0, 0.1) is 0 Å². The number of thiazole rings is 1. The van der Waals surface area contributed by atoms with Gasteiger partial charge in [0, 0.05) is 23.8 Å². The summed E-state index contributed by atoms with van der Waals surface area (Å²) in [5, 5.41) is 11.5. The number of methoxy groups -OCH3 is 2. The number of fused-ring (bicyclic) bond motifs is 1. The number of aromatic nitrogens is 5. The van der Waals surface area contributed by atoms with E-state index in [2.05, 4.69) is 25.5 Å². The van der Waals surface area contributed by atoms with Gasteiger partial charge in [-0.05, 0) is 12.1 Å². The first kappa shape index (κ1) is 17.0. The van der Waals surface area contributed by atoms with Crippen molar-refractivity contribution in [1.82, 2.24) is 24.6 Å². The lowest BCUT2D eigenvalue weighted by Gasteiger charge is -2.07. The summed E-state index contributed by atoms with van der Waals surface area (Å²) in [6, 6.07) is 5.35. The van der Waals surface area contributed by atoms with Gasteiger partial charge in [-0.2, -0.15) is 4.98 Å². The van der Waals surface area contributed by atoms with Crippen molar-refractivity contribution < 1.29 is 14.3 Å². The summed E-state index contributed by atoms with van der Waals surface area (Å²) < 4.78 is 12.4. The first-order chi connectivity index (χ1) is 13.2. The topological polar surface area (TPSA) is 106 Å². The molecule has 138 valence electrons. The number of benzene rings is 1. The van der Waals surface area contributed by atoms with Crippen LogP contribution in [0.1, 0.15) is 5.69 Å². The molecule has 0 unspecified atom stereocenters. The van der Waals surface area contributed by atoms with Crippen molar-refractivity contribution in [3.05, 3.63) is 41.7 Å². The third-order valence-electron chi connectivity index (χ3n) is 3.89. The van der Waals surface area contributed by atoms with Gasteiger partial charge in [0.1, 0.15) is 11.5 Å². The summed E-state index contributed by atoms with van der Waals surface area (Å²) in [5.41, 5.74) is 1.40. The lowest BCUT2D eigenvalue weighted by atomic mass is 10.2. The molecule has 0 aliphatic rings. The second kappa shape index (κ2) is 7.08. The molecule has 0 spiro atoms. The monoisotopic (exact) mass is 384 g/mol. The minimum atomic E-state index is -0.243. The van der Waals surface area contributed by atoms with Gasteiger partial charge < -0.3 is 9.47 Å². The van der Waals surface area contributed by atoms with Crippen LogP contribution < -0.4 is 14.8 Å². The average molecular weight is 384 g/mol. The van der Waals surface area contributed by atoms with Crippen LogP contribution in [-0.2, 0) is 11.2 Å². The summed E-state index contributed by atoms with van der Waals surface area (Å²) in [7, 11) is 3.15. The molecule has 4 rings (SSSR count). The number of ether oxygens (including phenoxy) is 2. The van der Waals surface area contributed by atoms with Gasteiger partial charge in [0.25, 0.3) is 0 Å². The zero-order chi connectivity index (χ0) is 18.8. The van der Waals surface area contributed by atoms with Crippen molar-refractivity contribution in [1.29, 1.82) is 0 Å². The molecule has 4 aromatic rings. The molecule has 0 saturated heterocycles. The van der Waals surface area contributed by atoms with E-state index in [0.717, 1.165) is 4.96 Å². The van der Waals surface area contributed by atoms with Crippen LogP contribution in [0.2, 0.25) is 0 Å². The highest BCUT2D eigenvalue weighted by Gasteiger charge is 2.15. The predicted molar refractivity (Wildman–Crippen MR) is 100 cm³/mol. The number of H-pyrrole nitrogens is 1. The number of aromatic amines is 1. The van der Waals surface area contributed by atoms with Gasteiger partial charge in [0.2, 0.25) is 11.9 Å². The molecule has 9 nitrogen and oxygen atoms in total. The van der Waals surface area contributed by atoms with Gasteiger partial charge in [-0.15, -0.1) is 16.4 Å². The van der Waals surface area contributed by atoms with E-state index in [9.17, 15) is 4.79 Å². The Labute approximate surface area is 158 Å². The number of nitrogens with zero attached hydrogens (tertiary/aromatic N) is 4. The van der Waals surface area contributed by atoms with E-state index in [1.54, 1.807) is 26.4 Å². The Morgan fingerprint density at radius 3 is 2.96 bits per heavy atom. The standard InChI is InChI=1S/C17H16N6O3S/c1-25-11-3-4-12(13(8-11)26-2)15-20-16(22-21-15)19-14(24)7-10-9-23-5-6-27-17(23)18-10/h3-6,8-9H,7H2,1-2H3,(H2,19,20,21,22,24). The van der Waals surface area contributed by atoms with E-state index in [-0.39, 0.29) is 18.3 Å². The first-order valence-corrected chi connectivity index (χ1v) is 8.90. The molecule has 0 fully saturated rings. The quantitative estimate of drug-likeness (QED) is 0.529. The van der Waals surface area contributed by atoms with Crippen LogP contribution >= 0.6 is 11.3 Å². The van der Waals surface area contributed by atoms with E-state index in [1.165, 1.54) is 11.3 Å². The third-order valence-corrected chi connectivity index (χ3v) is 4.66. The number of rotatable bonds is 6. The Hall–Kier alpha value is -3.40. The lowest BCUT2D eigenvalue weighted by molar-refractivity contribution is -0.115. The van der Waals surface area contributed by atoms with Gasteiger partial charge in [0.15, 0.2) is 10.8 Å². The van der Waals surface area contributed by atoms with E-state index in [0.29, 0.717) is 28.6 Å². The molecule has 0 aliphatic carbocycles. The normalized spacial score (nSPS) is 10.9. The summed E-state index contributed by atoms with van der Waals surface area (Å²) in [6.07, 6.45) is 3.87. The van der Waals surface area contributed by atoms with E-state index < -0.39 is 0 Å². The molecule has 1 amide bonds. The lowest BCUT2D eigenvalue weighted by Crippen LogP contribution is -2.15. The molecule has 0 aliphatic heterocycles. The van der Waals surface area contributed by atoms with Crippen LogP contribution in [0.15, 0.2) is 36.0 Å². The van der Waals surface area contributed by atoms with Gasteiger partial charge >= 0.3 is 0 Å². The zero-order valence-corrected chi connectivity index (χ0v) is 15.4. The van der Waals surface area contributed by atoms with Crippen molar-refractivity contribution >= 4 is 28.2 Å². The molecule has 0 radical (unpaired) electrons. The number of imidazole rings is 1. The summed E-state index contributed by atoms with van der Waals surface area (Å²) >= 11 is 1.52. The molecular weight excluding hydrogens is 368 g/mol. The predicted octanol–water partition coefficient (Wildman–Crippen LogP) is 2.38. The Bertz CT molecular complexity index is 1070. The van der Waals surface area contributed by atoms with Crippen molar-refractivity contribution in [2.24, 2.45) is 0 Å². The Balaban J connectivity index is 1.47. The number of anilines is 1. The fourth-order valence-corrected chi connectivity index (χ4v) is 3.35.